The van der Waals surface area contributed by atoms with Gasteiger partial charge in [0, 0.05) is 13.5 Å². The summed E-state index contributed by atoms with van der Waals surface area (Å²) < 4.78 is 0. The number of rotatable bonds is 3. The number of fused-ring (bicyclic) bond motifs is 1. The maximum Gasteiger partial charge on any atom is 0.269 e. The van der Waals surface area contributed by atoms with Crippen LogP contribution < -0.4 is 10.9 Å². The molecular weight excluding hydrogens is 190 g/mol. The molecule has 0 bridgehead atoms. The van der Waals surface area contributed by atoms with Gasteiger partial charge in [0.25, 0.3) is 5.56 Å². The molecule has 0 saturated carbocycles. The lowest BCUT2D eigenvalue weighted by Gasteiger charge is -2.19. The van der Waals surface area contributed by atoms with Crippen LogP contribution >= 0.6 is 0 Å². The van der Waals surface area contributed by atoms with Gasteiger partial charge in [-0.15, -0.1) is 0 Å². The van der Waals surface area contributed by atoms with Gasteiger partial charge in [0.05, 0.1) is 11.4 Å². The molecule has 84 valence electrons. The smallest absolute Gasteiger partial charge is 0.269 e. The number of H-pyrrole nitrogens is 1. The summed E-state index contributed by atoms with van der Waals surface area (Å²) in [5.74, 6) is 0. The molecule has 1 aromatic heterocycles. The zero-order valence-corrected chi connectivity index (χ0v) is 9.10. The van der Waals surface area contributed by atoms with Crippen LogP contribution in [-0.2, 0) is 12.8 Å². The van der Waals surface area contributed by atoms with E-state index >= 15 is 0 Å². The molecule has 1 aliphatic rings. The third-order valence-corrected chi connectivity index (χ3v) is 2.83. The van der Waals surface area contributed by atoms with Crippen molar-refractivity contribution in [3.63, 3.8) is 0 Å². The minimum Gasteiger partial charge on any atom is -0.383 e. The number of hydrogen-bond donors (Lipinski definition) is 2. The summed E-state index contributed by atoms with van der Waals surface area (Å²) in [5.41, 5.74) is 2.88. The van der Waals surface area contributed by atoms with Gasteiger partial charge in [-0.05, 0) is 25.7 Å². The highest BCUT2D eigenvalue weighted by molar-refractivity contribution is 5.55. The van der Waals surface area contributed by atoms with Crippen LogP contribution in [0.25, 0.3) is 0 Å². The summed E-state index contributed by atoms with van der Waals surface area (Å²) in [6.07, 6.45) is 5.12. The van der Waals surface area contributed by atoms with Crippen LogP contribution in [0, 0.1) is 0 Å². The van der Waals surface area contributed by atoms with E-state index in [0.717, 1.165) is 55.6 Å². The van der Waals surface area contributed by atoms with Crippen molar-refractivity contribution >= 4 is 5.69 Å². The molecular formula is C11H19N3O. The van der Waals surface area contributed by atoms with Gasteiger partial charge in [-0.2, -0.15) is 5.10 Å². The van der Waals surface area contributed by atoms with Crippen molar-refractivity contribution in [3.8, 4) is 0 Å². The van der Waals surface area contributed by atoms with Crippen molar-refractivity contribution < 1.29 is 1.43 Å². The zero-order chi connectivity index (χ0) is 10.7. The number of aromatic nitrogens is 2. The Morgan fingerprint density at radius 1 is 1.53 bits per heavy atom. The van der Waals surface area contributed by atoms with E-state index in [-0.39, 0.29) is 6.99 Å². The lowest BCUT2D eigenvalue weighted by Crippen LogP contribution is -2.25. The van der Waals surface area contributed by atoms with E-state index in [2.05, 4.69) is 22.4 Å². The number of aryl methyl sites for hydroxylation is 1. The molecule has 0 aliphatic carbocycles. The summed E-state index contributed by atoms with van der Waals surface area (Å²) in [6.45, 7) is 3.11. The van der Waals surface area contributed by atoms with Gasteiger partial charge in [-0.1, -0.05) is 13.3 Å². The Hall–Kier alpha value is -1.32. The van der Waals surface area contributed by atoms with Crippen LogP contribution in [0.1, 0.15) is 38.9 Å². The number of unbranched alkanes of at least 4 members (excludes halogenated alkanes) is 1. The standard InChI is InChI=1S/C11H17N3O.H2/c1-2-3-6-9-10-8(5-4-7-12-10)11(15)14-13-9;/h12H,2-7H2,1H3,(H,14,15);1H. The zero-order valence-electron chi connectivity index (χ0n) is 9.10. The molecule has 0 unspecified atom stereocenters. The Balaban J connectivity index is 0.00000128. The Morgan fingerprint density at radius 3 is 3.20 bits per heavy atom. The number of hydrogen-bond acceptors (Lipinski definition) is 3. The topological polar surface area (TPSA) is 57.8 Å². The van der Waals surface area contributed by atoms with E-state index in [0.29, 0.717) is 0 Å². The fourth-order valence-electron chi connectivity index (χ4n) is 1.98. The molecule has 4 nitrogen and oxygen atoms in total. The quantitative estimate of drug-likeness (QED) is 0.797. The predicted octanol–water partition coefficient (Wildman–Crippen LogP) is 1.72. The van der Waals surface area contributed by atoms with Gasteiger partial charge in [-0.3, -0.25) is 4.79 Å². The summed E-state index contributed by atoms with van der Waals surface area (Å²) in [6, 6.07) is 0. The van der Waals surface area contributed by atoms with Crippen LogP contribution in [0.4, 0.5) is 5.69 Å². The minimum absolute atomic E-state index is 0. The molecule has 0 atom stereocenters. The molecule has 15 heavy (non-hydrogen) atoms. The monoisotopic (exact) mass is 209 g/mol. The third-order valence-electron chi connectivity index (χ3n) is 2.83. The molecule has 2 N–H and O–H groups in total. The van der Waals surface area contributed by atoms with Crippen molar-refractivity contribution in [2.45, 2.75) is 39.0 Å². The van der Waals surface area contributed by atoms with Crippen LogP contribution in [0.2, 0.25) is 0 Å². The summed E-state index contributed by atoms with van der Waals surface area (Å²) >= 11 is 0. The molecule has 0 saturated heterocycles. The first kappa shape index (κ1) is 10.2. The fraction of sp³-hybridized carbons (Fsp3) is 0.636. The van der Waals surface area contributed by atoms with E-state index < -0.39 is 0 Å². The molecule has 0 spiro atoms. The predicted molar refractivity (Wildman–Crippen MR) is 62.4 cm³/mol. The Morgan fingerprint density at radius 2 is 2.40 bits per heavy atom. The second kappa shape index (κ2) is 4.47. The van der Waals surface area contributed by atoms with E-state index in [1.165, 1.54) is 0 Å². The van der Waals surface area contributed by atoms with Gasteiger partial charge < -0.3 is 5.32 Å². The second-order valence-electron chi connectivity index (χ2n) is 3.99. The lowest BCUT2D eigenvalue weighted by atomic mass is 10.0. The highest BCUT2D eigenvalue weighted by atomic mass is 16.1. The van der Waals surface area contributed by atoms with E-state index in [9.17, 15) is 4.79 Å². The van der Waals surface area contributed by atoms with Gasteiger partial charge in [0.2, 0.25) is 0 Å². The molecule has 0 radical (unpaired) electrons. The molecule has 1 aliphatic heterocycles. The third kappa shape index (κ3) is 2.03. The van der Waals surface area contributed by atoms with Crippen LogP contribution in [0.3, 0.4) is 0 Å². The molecule has 0 fully saturated rings. The fourth-order valence-corrected chi connectivity index (χ4v) is 1.98. The Labute approximate surface area is 90.6 Å². The normalized spacial score (nSPS) is 14.5. The summed E-state index contributed by atoms with van der Waals surface area (Å²) in [5, 5.41) is 10.0. The van der Waals surface area contributed by atoms with Crippen molar-refractivity contribution in [2.24, 2.45) is 0 Å². The SMILES string of the molecule is CCCCc1n[nH]c(=O)c2c1NCCC2.[HH]. The van der Waals surface area contributed by atoms with Crippen LogP contribution in [0.15, 0.2) is 4.79 Å². The molecule has 2 heterocycles. The minimum atomic E-state index is -0.0301. The highest BCUT2D eigenvalue weighted by Gasteiger charge is 2.16. The van der Waals surface area contributed by atoms with Crippen LogP contribution in [0.5, 0.6) is 0 Å². The summed E-state index contributed by atoms with van der Waals surface area (Å²) in [7, 11) is 0. The maximum absolute atomic E-state index is 11.5. The Bertz CT molecular complexity index is 403. The Kier molecular flexibility index (Phi) is 3.04. The first-order valence-corrected chi connectivity index (χ1v) is 5.67. The second-order valence-corrected chi connectivity index (χ2v) is 3.99. The molecule has 4 heteroatoms. The largest absolute Gasteiger partial charge is 0.383 e. The molecule has 2 rings (SSSR count). The summed E-state index contributed by atoms with van der Waals surface area (Å²) in [4.78, 5) is 11.5. The van der Waals surface area contributed by atoms with E-state index in [4.69, 9.17) is 0 Å². The van der Waals surface area contributed by atoms with E-state index in [1.807, 2.05) is 0 Å². The maximum atomic E-state index is 11.5. The van der Waals surface area contributed by atoms with Crippen LogP contribution in [-0.4, -0.2) is 16.7 Å². The first-order valence-electron chi connectivity index (χ1n) is 5.67. The number of aromatic amines is 1. The van der Waals surface area contributed by atoms with Crippen molar-refractivity contribution in [2.75, 3.05) is 11.9 Å². The van der Waals surface area contributed by atoms with Gasteiger partial charge >= 0.3 is 0 Å². The average Bonchev–Trinajstić information content (AvgIpc) is 2.29. The van der Waals surface area contributed by atoms with Crippen molar-refractivity contribution in [1.29, 1.82) is 0 Å². The van der Waals surface area contributed by atoms with Crippen molar-refractivity contribution in [3.05, 3.63) is 21.6 Å². The van der Waals surface area contributed by atoms with Gasteiger partial charge in [0.15, 0.2) is 0 Å². The lowest BCUT2D eigenvalue weighted by molar-refractivity contribution is 0.730. The molecule has 0 amide bonds. The molecule has 1 aromatic rings. The number of nitrogens with zero attached hydrogens (tertiary/aromatic N) is 1. The van der Waals surface area contributed by atoms with Gasteiger partial charge in [-0.25, -0.2) is 5.10 Å². The number of anilines is 1. The van der Waals surface area contributed by atoms with Gasteiger partial charge in [0.1, 0.15) is 0 Å². The first-order chi connectivity index (χ1) is 7.33. The van der Waals surface area contributed by atoms with Crippen molar-refractivity contribution in [1.82, 2.24) is 10.2 Å². The highest BCUT2D eigenvalue weighted by Crippen LogP contribution is 2.22. The number of nitrogens with one attached hydrogen (secondary N) is 2. The molecule has 0 aromatic carbocycles. The average molecular weight is 209 g/mol. The van der Waals surface area contributed by atoms with E-state index in [1.54, 1.807) is 0 Å².